The Morgan fingerprint density at radius 1 is 1.46 bits per heavy atom. The molecule has 74 valence electrons. The smallest absolute Gasteiger partial charge is 0.0438 e. The first-order valence-corrected chi connectivity index (χ1v) is 5.74. The molecule has 2 atom stereocenters. The first-order chi connectivity index (χ1) is 6.19. The normalized spacial score (nSPS) is 15.7. The number of hydrogen-bond acceptors (Lipinski definition) is 2. The molecule has 1 rings (SSSR count). The first-order valence-electron chi connectivity index (χ1n) is 4.92. The van der Waals surface area contributed by atoms with Crippen molar-refractivity contribution in [2.75, 3.05) is 7.05 Å². The quantitative estimate of drug-likeness (QED) is 0.780. The van der Waals surface area contributed by atoms with E-state index < -0.39 is 0 Å². The molecular weight excluding hydrogens is 178 g/mol. The van der Waals surface area contributed by atoms with Gasteiger partial charge >= 0.3 is 0 Å². The van der Waals surface area contributed by atoms with Gasteiger partial charge in [0.2, 0.25) is 0 Å². The number of nitrogens with one attached hydrogen (secondary N) is 1. The minimum atomic E-state index is 0.531. The highest BCUT2D eigenvalue weighted by molar-refractivity contribution is 7.12. The SMILES string of the molecule is CCC(C)C(NC)c1ccc(C)s1. The van der Waals surface area contributed by atoms with Crippen LogP contribution in [0.5, 0.6) is 0 Å². The molecule has 1 aromatic heterocycles. The fraction of sp³-hybridized carbons (Fsp3) is 0.636. The molecule has 0 aromatic carbocycles. The Hall–Kier alpha value is -0.340. The Bertz CT molecular complexity index is 254. The Balaban J connectivity index is 2.77. The summed E-state index contributed by atoms with van der Waals surface area (Å²) in [5.74, 6) is 0.711. The third-order valence-corrected chi connectivity index (χ3v) is 3.68. The second-order valence-electron chi connectivity index (χ2n) is 3.60. The monoisotopic (exact) mass is 197 g/mol. The third kappa shape index (κ3) is 2.55. The topological polar surface area (TPSA) is 12.0 Å². The van der Waals surface area contributed by atoms with Crippen LogP contribution < -0.4 is 5.32 Å². The highest BCUT2D eigenvalue weighted by atomic mass is 32.1. The lowest BCUT2D eigenvalue weighted by molar-refractivity contribution is 0.406. The fourth-order valence-electron chi connectivity index (χ4n) is 1.56. The Morgan fingerprint density at radius 3 is 2.54 bits per heavy atom. The van der Waals surface area contributed by atoms with Crippen LogP contribution in [-0.4, -0.2) is 7.05 Å². The van der Waals surface area contributed by atoms with Gasteiger partial charge in [-0.3, -0.25) is 0 Å². The van der Waals surface area contributed by atoms with Crippen LogP contribution in [0.15, 0.2) is 12.1 Å². The second-order valence-corrected chi connectivity index (χ2v) is 4.92. The van der Waals surface area contributed by atoms with E-state index in [9.17, 15) is 0 Å². The third-order valence-electron chi connectivity index (χ3n) is 2.59. The number of thiophene rings is 1. The first kappa shape index (κ1) is 10.7. The summed E-state index contributed by atoms with van der Waals surface area (Å²) in [4.78, 5) is 2.87. The largest absolute Gasteiger partial charge is 0.312 e. The van der Waals surface area contributed by atoms with Crippen LogP contribution in [0.1, 0.15) is 36.1 Å². The molecule has 0 saturated heterocycles. The van der Waals surface area contributed by atoms with Crippen LogP contribution in [-0.2, 0) is 0 Å². The van der Waals surface area contributed by atoms with Crippen LogP contribution in [0, 0.1) is 12.8 Å². The van der Waals surface area contributed by atoms with Gasteiger partial charge in [0.05, 0.1) is 0 Å². The van der Waals surface area contributed by atoms with Gasteiger partial charge in [-0.15, -0.1) is 11.3 Å². The highest BCUT2D eigenvalue weighted by Gasteiger charge is 2.16. The molecule has 0 bridgehead atoms. The molecule has 1 heterocycles. The maximum absolute atomic E-state index is 3.39. The molecule has 0 radical (unpaired) electrons. The lowest BCUT2D eigenvalue weighted by Crippen LogP contribution is -2.21. The predicted molar refractivity (Wildman–Crippen MR) is 60.3 cm³/mol. The van der Waals surface area contributed by atoms with Gasteiger partial charge in [-0.05, 0) is 32.0 Å². The summed E-state index contributed by atoms with van der Waals surface area (Å²) in [5, 5.41) is 3.39. The summed E-state index contributed by atoms with van der Waals surface area (Å²) in [6.07, 6.45) is 1.22. The van der Waals surface area contributed by atoms with Crippen molar-refractivity contribution in [3.05, 3.63) is 21.9 Å². The molecule has 0 aliphatic heterocycles. The summed E-state index contributed by atoms with van der Waals surface area (Å²) in [6, 6.07) is 4.98. The van der Waals surface area contributed by atoms with E-state index in [1.807, 2.05) is 18.4 Å². The van der Waals surface area contributed by atoms with Crippen LogP contribution in [0.2, 0.25) is 0 Å². The molecule has 2 heteroatoms. The van der Waals surface area contributed by atoms with Crippen LogP contribution in [0.25, 0.3) is 0 Å². The van der Waals surface area contributed by atoms with Gasteiger partial charge < -0.3 is 5.32 Å². The van der Waals surface area contributed by atoms with Gasteiger partial charge in [-0.2, -0.15) is 0 Å². The van der Waals surface area contributed by atoms with Crippen molar-refractivity contribution in [2.45, 2.75) is 33.2 Å². The number of aryl methyl sites for hydroxylation is 1. The van der Waals surface area contributed by atoms with Crippen molar-refractivity contribution in [1.82, 2.24) is 5.32 Å². The lowest BCUT2D eigenvalue weighted by atomic mass is 9.98. The molecule has 0 aliphatic rings. The van der Waals surface area contributed by atoms with E-state index in [-0.39, 0.29) is 0 Å². The van der Waals surface area contributed by atoms with Crippen molar-refractivity contribution in [1.29, 1.82) is 0 Å². The van der Waals surface area contributed by atoms with Crippen molar-refractivity contribution in [2.24, 2.45) is 5.92 Å². The molecule has 0 spiro atoms. The van der Waals surface area contributed by atoms with Crippen molar-refractivity contribution in [3.8, 4) is 0 Å². The number of rotatable bonds is 4. The Labute approximate surface area is 85.2 Å². The molecule has 13 heavy (non-hydrogen) atoms. The van der Waals surface area contributed by atoms with Gasteiger partial charge in [-0.1, -0.05) is 20.3 Å². The minimum Gasteiger partial charge on any atom is -0.312 e. The van der Waals surface area contributed by atoms with Crippen molar-refractivity contribution < 1.29 is 0 Å². The summed E-state index contributed by atoms with van der Waals surface area (Å²) >= 11 is 1.90. The van der Waals surface area contributed by atoms with E-state index in [0.717, 1.165) is 0 Å². The van der Waals surface area contributed by atoms with Gasteiger partial charge in [0.15, 0.2) is 0 Å². The van der Waals surface area contributed by atoms with Crippen molar-refractivity contribution in [3.63, 3.8) is 0 Å². The zero-order chi connectivity index (χ0) is 9.84. The zero-order valence-corrected chi connectivity index (χ0v) is 9.74. The molecule has 0 fully saturated rings. The second kappa shape index (κ2) is 4.77. The molecular formula is C11H19NS. The van der Waals surface area contributed by atoms with Crippen molar-refractivity contribution >= 4 is 11.3 Å². The molecule has 0 aliphatic carbocycles. The van der Waals surface area contributed by atoms with E-state index in [1.165, 1.54) is 16.2 Å². The zero-order valence-electron chi connectivity index (χ0n) is 8.92. The average Bonchev–Trinajstić information content (AvgIpc) is 2.53. The molecule has 1 aromatic rings. The van der Waals surface area contributed by atoms with E-state index >= 15 is 0 Å². The minimum absolute atomic E-state index is 0.531. The Morgan fingerprint density at radius 2 is 2.15 bits per heavy atom. The summed E-state index contributed by atoms with van der Waals surface area (Å²) < 4.78 is 0. The maximum atomic E-state index is 3.39. The summed E-state index contributed by atoms with van der Waals surface area (Å²) in [5.41, 5.74) is 0. The van der Waals surface area contributed by atoms with Gasteiger partial charge in [0, 0.05) is 15.8 Å². The standard InChI is InChI=1S/C11H19NS/c1-5-8(2)11(12-4)10-7-6-9(3)13-10/h6-8,11-12H,5H2,1-4H3. The van der Waals surface area contributed by atoms with E-state index in [0.29, 0.717) is 12.0 Å². The van der Waals surface area contributed by atoms with E-state index in [2.05, 4.69) is 38.2 Å². The van der Waals surface area contributed by atoms with E-state index in [1.54, 1.807) is 0 Å². The summed E-state index contributed by atoms with van der Waals surface area (Å²) in [7, 11) is 2.05. The average molecular weight is 197 g/mol. The fourth-order valence-corrected chi connectivity index (χ4v) is 2.68. The highest BCUT2D eigenvalue weighted by Crippen LogP contribution is 2.29. The molecule has 0 saturated carbocycles. The molecule has 1 nitrogen and oxygen atoms in total. The lowest BCUT2D eigenvalue weighted by Gasteiger charge is -2.20. The predicted octanol–water partition coefficient (Wildman–Crippen LogP) is 3.36. The van der Waals surface area contributed by atoms with Gasteiger partial charge in [0.25, 0.3) is 0 Å². The van der Waals surface area contributed by atoms with Gasteiger partial charge in [0.1, 0.15) is 0 Å². The van der Waals surface area contributed by atoms with Gasteiger partial charge in [-0.25, -0.2) is 0 Å². The van der Waals surface area contributed by atoms with Crippen LogP contribution >= 0.6 is 11.3 Å². The molecule has 0 amide bonds. The molecule has 2 unspecified atom stereocenters. The summed E-state index contributed by atoms with van der Waals surface area (Å²) in [6.45, 7) is 6.71. The van der Waals surface area contributed by atoms with E-state index in [4.69, 9.17) is 0 Å². The number of hydrogen-bond donors (Lipinski definition) is 1. The van der Waals surface area contributed by atoms with Crippen LogP contribution in [0.4, 0.5) is 0 Å². The maximum Gasteiger partial charge on any atom is 0.0438 e. The Kier molecular flexibility index (Phi) is 3.94. The van der Waals surface area contributed by atoms with Crippen LogP contribution in [0.3, 0.4) is 0 Å². The molecule has 1 N–H and O–H groups in total.